The highest BCUT2D eigenvalue weighted by atomic mass is 16.3. The van der Waals surface area contributed by atoms with Crippen LogP contribution in [0.15, 0.2) is 60.7 Å². The average Bonchev–Trinajstić information content (AvgIpc) is 2.70. The molecule has 0 spiro atoms. The van der Waals surface area contributed by atoms with Crippen LogP contribution in [0.2, 0.25) is 0 Å². The Balaban J connectivity index is 1.85. The molecule has 0 aliphatic carbocycles. The molecule has 3 nitrogen and oxygen atoms in total. The molecule has 1 aliphatic heterocycles. The zero-order valence-corrected chi connectivity index (χ0v) is 16.1. The van der Waals surface area contributed by atoms with E-state index in [1.807, 2.05) is 18.2 Å². The molecule has 0 aromatic heterocycles. The van der Waals surface area contributed by atoms with Crippen LogP contribution in [0.25, 0.3) is 0 Å². The highest BCUT2D eigenvalue weighted by Gasteiger charge is 2.38. The first-order valence-electron chi connectivity index (χ1n) is 9.84. The first-order valence-corrected chi connectivity index (χ1v) is 9.84. The van der Waals surface area contributed by atoms with Gasteiger partial charge >= 0.3 is 0 Å². The number of rotatable bonds is 7. The van der Waals surface area contributed by atoms with Gasteiger partial charge in [-0.15, -0.1) is 0 Å². The lowest BCUT2D eigenvalue weighted by atomic mass is 9.76. The largest absolute Gasteiger partial charge is 0.385 e. The number of hydrogen-bond acceptors (Lipinski definition) is 3. The van der Waals surface area contributed by atoms with Crippen LogP contribution in [-0.2, 0) is 12.0 Å². The van der Waals surface area contributed by atoms with E-state index in [1.165, 1.54) is 5.56 Å². The molecule has 1 heterocycles. The van der Waals surface area contributed by atoms with Gasteiger partial charge in [0.25, 0.3) is 0 Å². The summed E-state index contributed by atoms with van der Waals surface area (Å²) in [7, 11) is 2.19. The predicted molar refractivity (Wildman–Crippen MR) is 108 cm³/mol. The molecule has 2 atom stereocenters. The van der Waals surface area contributed by atoms with Gasteiger partial charge in [-0.3, -0.25) is 0 Å². The highest BCUT2D eigenvalue weighted by molar-refractivity contribution is 5.25. The molecular formula is C23H32N2O. The van der Waals surface area contributed by atoms with E-state index >= 15 is 0 Å². The van der Waals surface area contributed by atoms with Crippen molar-refractivity contribution in [3.63, 3.8) is 0 Å². The third kappa shape index (κ3) is 4.53. The van der Waals surface area contributed by atoms with E-state index in [1.54, 1.807) is 0 Å². The summed E-state index contributed by atoms with van der Waals surface area (Å²) >= 11 is 0. The summed E-state index contributed by atoms with van der Waals surface area (Å²) in [6.07, 6.45) is 1.62. The molecule has 2 unspecified atom stereocenters. The van der Waals surface area contributed by atoms with Gasteiger partial charge in [-0.05, 0) is 31.0 Å². The van der Waals surface area contributed by atoms with Gasteiger partial charge in [0.05, 0.1) is 5.60 Å². The second-order valence-corrected chi connectivity index (χ2v) is 7.63. The van der Waals surface area contributed by atoms with Crippen molar-refractivity contribution in [2.75, 3.05) is 39.8 Å². The first-order chi connectivity index (χ1) is 12.6. The van der Waals surface area contributed by atoms with E-state index in [4.69, 9.17) is 0 Å². The van der Waals surface area contributed by atoms with Crippen molar-refractivity contribution in [3.05, 3.63) is 71.8 Å². The fraction of sp³-hybridized carbons (Fsp3) is 0.478. The zero-order valence-electron chi connectivity index (χ0n) is 16.1. The molecule has 26 heavy (non-hydrogen) atoms. The smallest absolute Gasteiger partial charge is 0.0937 e. The quantitative estimate of drug-likeness (QED) is 0.827. The molecule has 0 bridgehead atoms. The van der Waals surface area contributed by atoms with Crippen molar-refractivity contribution in [2.45, 2.75) is 25.4 Å². The Hall–Kier alpha value is -1.68. The third-order valence-electron chi connectivity index (χ3n) is 5.89. The Bertz CT molecular complexity index is 652. The van der Waals surface area contributed by atoms with Crippen LogP contribution in [0.5, 0.6) is 0 Å². The highest BCUT2D eigenvalue weighted by Crippen LogP contribution is 2.36. The van der Waals surface area contributed by atoms with Crippen molar-refractivity contribution >= 4 is 0 Å². The molecule has 1 aliphatic rings. The van der Waals surface area contributed by atoms with Crippen molar-refractivity contribution in [1.82, 2.24) is 9.80 Å². The summed E-state index contributed by atoms with van der Waals surface area (Å²) in [6, 6.07) is 20.8. The maximum atomic E-state index is 11.8. The molecule has 2 aromatic rings. The van der Waals surface area contributed by atoms with Crippen LogP contribution in [-0.4, -0.2) is 54.7 Å². The lowest BCUT2D eigenvalue weighted by Gasteiger charge is -2.41. The Morgan fingerprint density at radius 2 is 1.50 bits per heavy atom. The van der Waals surface area contributed by atoms with Gasteiger partial charge in [0.15, 0.2) is 0 Å². The van der Waals surface area contributed by atoms with Gasteiger partial charge in [-0.2, -0.15) is 0 Å². The first kappa shape index (κ1) is 19.1. The fourth-order valence-electron chi connectivity index (χ4n) is 4.08. The molecule has 140 valence electrons. The average molecular weight is 353 g/mol. The van der Waals surface area contributed by atoms with Gasteiger partial charge in [0.1, 0.15) is 0 Å². The van der Waals surface area contributed by atoms with Gasteiger partial charge < -0.3 is 14.9 Å². The van der Waals surface area contributed by atoms with Crippen LogP contribution in [0.4, 0.5) is 0 Å². The Kier molecular flexibility index (Phi) is 6.47. The molecule has 3 heteroatoms. The van der Waals surface area contributed by atoms with E-state index in [0.29, 0.717) is 0 Å². The number of piperazine rings is 1. The van der Waals surface area contributed by atoms with Crippen LogP contribution in [0.3, 0.4) is 0 Å². The van der Waals surface area contributed by atoms with Crippen LogP contribution in [0.1, 0.15) is 24.5 Å². The number of aliphatic hydroxyl groups is 1. The minimum atomic E-state index is -0.805. The second-order valence-electron chi connectivity index (χ2n) is 7.63. The molecule has 1 fully saturated rings. The number of hydrogen-bond donors (Lipinski definition) is 1. The molecule has 0 amide bonds. The van der Waals surface area contributed by atoms with Crippen LogP contribution < -0.4 is 0 Å². The topological polar surface area (TPSA) is 26.7 Å². The van der Waals surface area contributed by atoms with Gasteiger partial charge in [-0.25, -0.2) is 0 Å². The zero-order chi connectivity index (χ0) is 18.4. The minimum absolute atomic E-state index is 0.167. The van der Waals surface area contributed by atoms with Crippen molar-refractivity contribution in [2.24, 2.45) is 5.92 Å². The molecule has 0 saturated carbocycles. The number of likely N-dealkylation sites (N-methyl/N-ethyl adjacent to an activating group) is 1. The summed E-state index contributed by atoms with van der Waals surface area (Å²) < 4.78 is 0. The van der Waals surface area contributed by atoms with Gasteiger partial charge in [0, 0.05) is 38.6 Å². The van der Waals surface area contributed by atoms with Gasteiger partial charge in [0.2, 0.25) is 0 Å². The van der Waals surface area contributed by atoms with E-state index in [2.05, 4.69) is 66.2 Å². The normalized spacial score (nSPS) is 19.8. The fourth-order valence-corrected chi connectivity index (χ4v) is 4.08. The molecular weight excluding hydrogens is 320 g/mol. The van der Waals surface area contributed by atoms with E-state index in [0.717, 1.165) is 51.1 Å². The van der Waals surface area contributed by atoms with Crippen LogP contribution in [0, 0.1) is 5.92 Å². The molecule has 1 saturated heterocycles. The maximum Gasteiger partial charge on any atom is 0.0937 e. The lowest BCUT2D eigenvalue weighted by molar-refractivity contribution is -0.0444. The van der Waals surface area contributed by atoms with E-state index < -0.39 is 5.60 Å². The van der Waals surface area contributed by atoms with Crippen molar-refractivity contribution in [1.29, 1.82) is 0 Å². The monoisotopic (exact) mass is 352 g/mol. The minimum Gasteiger partial charge on any atom is -0.385 e. The Labute approximate surface area is 158 Å². The van der Waals surface area contributed by atoms with Crippen molar-refractivity contribution in [3.8, 4) is 0 Å². The molecule has 2 aromatic carbocycles. The maximum absolute atomic E-state index is 11.8. The summed E-state index contributed by atoms with van der Waals surface area (Å²) in [5.41, 5.74) is 1.53. The Morgan fingerprint density at radius 3 is 2.08 bits per heavy atom. The summed E-state index contributed by atoms with van der Waals surface area (Å²) in [5, 5.41) is 11.8. The second kappa shape index (κ2) is 8.81. The third-order valence-corrected chi connectivity index (χ3v) is 5.89. The Morgan fingerprint density at radius 1 is 0.923 bits per heavy atom. The predicted octanol–water partition coefficient (Wildman–Crippen LogP) is 3.39. The molecule has 0 radical (unpaired) electrons. The van der Waals surface area contributed by atoms with Crippen molar-refractivity contribution < 1.29 is 5.11 Å². The lowest BCUT2D eigenvalue weighted by Crippen LogP contribution is -2.50. The molecule has 1 N–H and O–H groups in total. The SMILES string of the molecule is CCC(O)(c1ccccc1)C(Cc1ccccc1)CN1CCN(C)CC1. The standard InChI is InChI=1S/C23H32N2O/c1-3-23(26,21-12-8-5-9-13-21)22(18-20-10-6-4-7-11-20)19-25-16-14-24(2)15-17-25/h4-13,22,26H,3,14-19H2,1-2H3. The van der Waals surface area contributed by atoms with Crippen LogP contribution >= 0.6 is 0 Å². The van der Waals surface area contributed by atoms with E-state index in [9.17, 15) is 5.11 Å². The number of nitrogens with zero attached hydrogens (tertiary/aromatic N) is 2. The van der Waals surface area contributed by atoms with Gasteiger partial charge in [-0.1, -0.05) is 67.6 Å². The number of benzene rings is 2. The van der Waals surface area contributed by atoms with E-state index in [-0.39, 0.29) is 5.92 Å². The summed E-state index contributed by atoms with van der Waals surface area (Å²) in [5.74, 6) is 0.167. The summed E-state index contributed by atoms with van der Waals surface area (Å²) in [4.78, 5) is 4.91. The summed E-state index contributed by atoms with van der Waals surface area (Å²) in [6.45, 7) is 7.41. The molecule has 3 rings (SSSR count).